The van der Waals surface area contributed by atoms with Crippen molar-refractivity contribution >= 4 is 11.5 Å². The number of halogens is 1. The van der Waals surface area contributed by atoms with Crippen molar-refractivity contribution in [3.05, 3.63) is 56.5 Å². The van der Waals surface area contributed by atoms with E-state index >= 15 is 0 Å². The van der Waals surface area contributed by atoms with E-state index < -0.39 is 11.2 Å². The van der Waals surface area contributed by atoms with Crippen LogP contribution < -0.4 is 21.0 Å². The van der Waals surface area contributed by atoms with Gasteiger partial charge in [0.05, 0.1) is 0 Å². The van der Waals surface area contributed by atoms with Crippen molar-refractivity contribution in [3.8, 4) is 6.07 Å². The molecule has 3 rings (SSSR count). The highest BCUT2D eigenvalue weighted by Crippen LogP contribution is 2.21. The van der Waals surface area contributed by atoms with E-state index in [4.69, 9.17) is 0 Å². The Morgan fingerprint density at radius 3 is 2.08 bits per heavy atom. The molecule has 1 aliphatic rings. The van der Waals surface area contributed by atoms with Crippen LogP contribution in [0.2, 0.25) is 0 Å². The van der Waals surface area contributed by atoms with Gasteiger partial charge in [0.15, 0.2) is 5.56 Å². The first-order valence-electron chi connectivity index (χ1n) is 7.89. The minimum atomic E-state index is -0.582. The lowest BCUT2D eigenvalue weighted by atomic mass is 10.2. The standard InChI is InChI=1S/C17H18FN5O2/c1-20-15(14(11-19)16(24)21(2)17(20)25)23-9-7-22(8-10-23)13-5-3-12(18)4-6-13/h3-6H,7-10H2,1-2H3. The van der Waals surface area contributed by atoms with Crippen molar-refractivity contribution in [2.45, 2.75) is 0 Å². The van der Waals surface area contributed by atoms with Crippen molar-refractivity contribution in [1.29, 1.82) is 5.26 Å². The fourth-order valence-electron chi connectivity index (χ4n) is 3.13. The van der Waals surface area contributed by atoms with E-state index in [0.717, 1.165) is 10.3 Å². The zero-order valence-corrected chi connectivity index (χ0v) is 14.1. The normalized spacial score (nSPS) is 14.5. The lowest BCUT2D eigenvalue weighted by Crippen LogP contribution is -2.50. The van der Waals surface area contributed by atoms with Crippen LogP contribution in [0.3, 0.4) is 0 Å². The number of hydrogen-bond donors (Lipinski definition) is 0. The molecule has 0 amide bonds. The van der Waals surface area contributed by atoms with Crippen molar-refractivity contribution in [1.82, 2.24) is 9.13 Å². The Labute approximate surface area is 143 Å². The smallest absolute Gasteiger partial charge is 0.332 e. The molecule has 1 fully saturated rings. The van der Waals surface area contributed by atoms with E-state index in [1.807, 2.05) is 11.0 Å². The molecule has 0 unspecified atom stereocenters. The fraction of sp³-hybridized carbons (Fsp3) is 0.353. The van der Waals surface area contributed by atoms with E-state index in [2.05, 4.69) is 4.90 Å². The van der Waals surface area contributed by atoms with Gasteiger partial charge in [0.25, 0.3) is 5.56 Å². The number of anilines is 2. The van der Waals surface area contributed by atoms with Gasteiger partial charge >= 0.3 is 5.69 Å². The van der Waals surface area contributed by atoms with Gasteiger partial charge < -0.3 is 9.80 Å². The Morgan fingerprint density at radius 2 is 1.52 bits per heavy atom. The molecule has 0 aliphatic carbocycles. The summed E-state index contributed by atoms with van der Waals surface area (Å²) in [5, 5.41) is 9.37. The average Bonchev–Trinajstić information content (AvgIpc) is 2.63. The molecule has 0 radical (unpaired) electrons. The Kier molecular flexibility index (Phi) is 4.31. The average molecular weight is 343 g/mol. The van der Waals surface area contributed by atoms with Crippen LogP contribution in [0.5, 0.6) is 0 Å². The van der Waals surface area contributed by atoms with Crippen LogP contribution in [0.15, 0.2) is 33.9 Å². The van der Waals surface area contributed by atoms with E-state index in [0.29, 0.717) is 32.0 Å². The summed E-state index contributed by atoms with van der Waals surface area (Å²) in [6, 6.07) is 8.21. The Balaban J connectivity index is 1.89. The molecule has 1 aromatic heterocycles. The monoisotopic (exact) mass is 343 g/mol. The van der Waals surface area contributed by atoms with E-state index in [1.54, 1.807) is 19.2 Å². The van der Waals surface area contributed by atoms with Crippen LogP contribution in [0.25, 0.3) is 0 Å². The predicted molar refractivity (Wildman–Crippen MR) is 92.5 cm³/mol. The van der Waals surface area contributed by atoms with Crippen LogP contribution in [0.4, 0.5) is 15.9 Å². The molecule has 2 aromatic rings. The highest BCUT2D eigenvalue weighted by atomic mass is 19.1. The van der Waals surface area contributed by atoms with Crippen LogP contribution in [0.1, 0.15) is 5.56 Å². The summed E-state index contributed by atoms with van der Waals surface area (Å²) >= 11 is 0. The molecule has 0 spiro atoms. The summed E-state index contributed by atoms with van der Waals surface area (Å²) < 4.78 is 15.3. The molecule has 0 N–H and O–H groups in total. The summed E-state index contributed by atoms with van der Waals surface area (Å²) in [4.78, 5) is 28.4. The van der Waals surface area contributed by atoms with Gasteiger partial charge in [-0.15, -0.1) is 0 Å². The molecule has 0 atom stereocenters. The number of hydrogen-bond acceptors (Lipinski definition) is 5. The SMILES string of the molecule is Cn1c(N2CCN(c3ccc(F)cc3)CC2)c(C#N)c(=O)n(C)c1=O. The van der Waals surface area contributed by atoms with Gasteiger partial charge in [0.2, 0.25) is 0 Å². The Bertz CT molecular complexity index is 947. The number of nitriles is 1. The van der Waals surface area contributed by atoms with Crippen molar-refractivity contribution in [3.63, 3.8) is 0 Å². The third kappa shape index (κ3) is 2.89. The van der Waals surface area contributed by atoms with Gasteiger partial charge in [-0.1, -0.05) is 0 Å². The number of rotatable bonds is 2. The quantitative estimate of drug-likeness (QED) is 0.790. The minimum absolute atomic E-state index is 0.0279. The number of nitrogens with zero attached hydrogens (tertiary/aromatic N) is 5. The van der Waals surface area contributed by atoms with Gasteiger partial charge in [0, 0.05) is 46.0 Å². The maximum atomic E-state index is 13.1. The lowest BCUT2D eigenvalue weighted by Gasteiger charge is -2.38. The van der Waals surface area contributed by atoms with Gasteiger partial charge in [-0.3, -0.25) is 13.9 Å². The molecule has 1 aromatic carbocycles. The van der Waals surface area contributed by atoms with Crippen LogP contribution in [-0.2, 0) is 14.1 Å². The lowest BCUT2D eigenvalue weighted by molar-refractivity contribution is 0.606. The second kappa shape index (κ2) is 6.43. The van der Waals surface area contributed by atoms with Crippen LogP contribution in [0, 0.1) is 17.1 Å². The summed E-state index contributed by atoms with van der Waals surface area (Å²) in [5.74, 6) is 0.0746. The maximum absolute atomic E-state index is 13.1. The molecule has 25 heavy (non-hydrogen) atoms. The highest BCUT2D eigenvalue weighted by Gasteiger charge is 2.24. The van der Waals surface area contributed by atoms with Gasteiger partial charge in [-0.2, -0.15) is 5.26 Å². The molecule has 1 aliphatic heterocycles. The maximum Gasteiger partial charge on any atom is 0.332 e. The van der Waals surface area contributed by atoms with Crippen molar-refractivity contribution in [2.75, 3.05) is 36.0 Å². The minimum Gasteiger partial charge on any atom is -0.368 e. The molecule has 0 saturated carbocycles. The third-order valence-corrected chi connectivity index (χ3v) is 4.52. The largest absolute Gasteiger partial charge is 0.368 e. The Morgan fingerprint density at radius 1 is 0.960 bits per heavy atom. The predicted octanol–water partition coefficient (Wildman–Crippen LogP) is 0.421. The molecule has 0 bridgehead atoms. The number of benzene rings is 1. The second-order valence-corrected chi connectivity index (χ2v) is 5.97. The Hall–Kier alpha value is -3.08. The molecule has 7 nitrogen and oxygen atoms in total. The first-order chi connectivity index (χ1) is 11.9. The first-order valence-corrected chi connectivity index (χ1v) is 7.89. The topological polar surface area (TPSA) is 74.3 Å². The summed E-state index contributed by atoms with van der Waals surface area (Å²) in [7, 11) is 2.92. The zero-order chi connectivity index (χ0) is 18.1. The molecule has 2 heterocycles. The number of aromatic nitrogens is 2. The van der Waals surface area contributed by atoms with E-state index in [9.17, 15) is 19.2 Å². The molecule has 130 valence electrons. The van der Waals surface area contributed by atoms with Crippen LogP contribution >= 0.6 is 0 Å². The van der Waals surface area contributed by atoms with Crippen molar-refractivity contribution in [2.24, 2.45) is 14.1 Å². The summed E-state index contributed by atoms with van der Waals surface area (Å²) in [5.41, 5.74) is -0.152. The highest BCUT2D eigenvalue weighted by molar-refractivity contribution is 5.55. The van der Waals surface area contributed by atoms with Crippen LogP contribution in [-0.4, -0.2) is 35.3 Å². The summed E-state index contributed by atoms with van der Waals surface area (Å²) in [6.07, 6.45) is 0. The van der Waals surface area contributed by atoms with Crippen molar-refractivity contribution < 1.29 is 4.39 Å². The van der Waals surface area contributed by atoms with Gasteiger partial charge in [-0.25, -0.2) is 9.18 Å². The fourth-order valence-corrected chi connectivity index (χ4v) is 3.13. The molecular formula is C17H18FN5O2. The third-order valence-electron chi connectivity index (χ3n) is 4.52. The first kappa shape index (κ1) is 16.8. The van der Waals surface area contributed by atoms with E-state index in [-0.39, 0.29) is 11.4 Å². The molecule has 1 saturated heterocycles. The summed E-state index contributed by atoms with van der Waals surface area (Å²) in [6.45, 7) is 2.37. The van der Waals surface area contributed by atoms with E-state index in [1.165, 1.54) is 23.7 Å². The molecular weight excluding hydrogens is 325 g/mol. The molecule has 8 heteroatoms. The van der Waals surface area contributed by atoms with Gasteiger partial charge in [-0.05, 0) is 24.3 Å². The number of piperazine rings is 1. The second-order valence-electron chi connectivity index (χ2n) is 5.97. The van der Waals surface area contributed by atoms with Gasteiger partial charge in [0.1, 0.15) is 17.7 Å². The zero-order valence-electron chi connectivity index (χ0n) is 14.1.